The first kappa shape index (κ1) is 26.2. The molecule has 0 unspecified atom stereocenters. The summed E-state index contributed by atoms with van der Waals surface area (Å²) < 4.78 is 50.6. The van der Waals surface area contributed by atoms with Gasteiger partial charge in [-0.05, 0) is 55.3 Å². The van der Waals surface area contributed by atoms with Gasteiger partial charge >= 0.3 is 17.9 Å². The molecule has 0 aliphatic carbocycles. The number of carbonyl (C=O) groups is 1. The zero-order chi connectivity index (χ0) is 26.6. The predicted octanol–water partition coefficient (Wildman–Crippen LogP) is 4.28. The minimum atomic E-state index is -5.08. The summed E-state index contributed by atoms with van der Waals surface area (Å²) in [5, 5.41) is 22.9. The molecule has 0 amide bonds. The molecule has 0 saturated heterocycles. The molecule has 0 saturated carbocycles. The van der Waals surface area contributed by atoms with E-state index >= 15 is 0 Å². The number of aryl methyl sites for hydroxylation is 2. The van der Waals surface area contributed by atoms with Crippen molar-refractivity contribution in [1.82, 2.24) is 15.0 Å². The highest BCUT2D eigenvalue weighted by atomic mass is 19.4. The van der Waals surface area contributed by atoms with Crippen LogP contribution in [0.15, 0.2) is 45.7 Å². The molecule has 0 bridgehead atoms. The highest BCUT2D eigenvalue weighted by Crippen LogP contribution is 2.25. The van der Waals surface area contributed by atoms with E-state index in [1.165, 1.54) is 6.20 Å². The molecule has 4 aromatic rings. The lowest BCUT2D eigenvalue weighted by Crippen LogP contribution is -2.21. The monoisotopic (exact) mass is 509 g/mol. The van der Waals surface area contributed by atoms with E-state index in [1.807, 2.05) is 0 Å². The molecule has 2 aromatic carbocycles. The first-order chi connectivity index (χ1) is 16.9. The molecule has 0 fully saturated rings. The van der Waals surface area contributed by atoms with Crippen LogP contribution in [0.2, 0.25) is 0 Å². The molecule has 2 aromatic heterocycles. The number of aliphatic carboxylic acids is 1. The minimum Gasteiger partial charge on any atom is -0.475 e. The van der Waals surface area contributed by atoms with Crippen LogP contribution < -0.4 is 16.4 Å². The average Bonchev–Trinajstić information content (AvgIpc) is 3.17. The van der Waals surface area contributed by atoms with E-state index in [4.69, 9.17) is 14.3 Å². The molecular weight excluding hydrogens is 490 g/mol. The number of nitrogens with zero attached hydrogens (tertiary/aromatic N) is 2. The molecule has 36 heavy (non-hydrogen) atoms. The molecule has 190 valence electrons. The van der Waals surface area contributed by atoms with Crippen molar-refractivity contribution in [2.24, 2.45) is 0 Å². The Bertz CT molecular complexity index is 1440. The number of aliphatic hydroxyl groups excluding tert-OH is 1. The summed E-state index contributed by atoms with van der Waals surface area (Å²) in [5.41, 5.74) is 3.79. The van der Waals surface area contributed by atoms with E-state index in [1.54, 1.807) is 44.2 Å². The third-order valence-corrected chi connectivity index (χ3v) is 4.65. The number of carboxylic acids is 1. The topological polar surface area (TPSA) is 153 Å². The smallest absolute Gasteiger partial charge is 0.475 e. The Labute approximate surface area is 199 Å². The molecule has 2 heterocycles. The lowest BCUT2D eigenvalue weighted by atomic mass is 10.1. The second-order valence-electron chi connectivity index (χ2n) is 7.43. The predicted molar refractivity (Wildman–Crippen MR) is 121 cm³/mol. The largest absolute Gasteiger partial charge is 0.490 e. The van der Waals surface area contributed by atoms with Gasteiger partial charge in [0.2, 0.25) is 5.95 Å². The Morgan fingerprint density at radius 2 is 1.75 bits per heavy atom. The van der Waals surface area contributed by atoms with E-state index < -0.39 is 17.9 Å². The fourth-order valence-corrected chi connectivity index (χ4v) is 3.00. The fourth-order valence-electron chi connectivity index (χ4n) is 3.00. The van der Waals surface area contributed by atoms with E-state index in [2.05, 4.69) is 25.6 Å². The van der Waals surface area contributed by atoms with Crippen LogP contribution in [0.25, 0.3) is 11.1 Å². The van der Waals surface area contributed by atoms with Crippen LogP contribution in [0, 0.1) is 19.7 Å². The van der Waals surface area contributed by atoms with Gasteiger partial charge in [-0.15, -0.1) is 0 Å². The molecule has 0 aliphatic heterocycles. The number of aliphatic hydroxyl groups is 1. The first-order valence-electron chi connectivity index (χ1n) is 10.1. The summed E-state index contributed by atoms with van der Waals surface area (Å²) in [6.07, 6.45) is -3.58. The van der Waals surface area contributed by atoms with E-state index in [9.17, 15) is 27.5 Å². The number of alkyl halides is 3. The van der Waals surface area contributed by atoms with Gasteiger partial charge in [-0.2, -0.15) is 18.2 Å². The third kappa shape index (κ3) is 6.35. The molecular formula is C22H19F4N5O5. The van der Waals surface area contributed by atoms with Crippen LogP contribution in [-0.2, 0) is 11.4 Å². The standard InChI is InChI=1S/C20H18FN5O3.C2HF3O2/c1-10-5-14(6-11(2)17(10)21)24-19-22-8-12(9-27)18(26-19)23-13-3-4-16-15(7-13)25-20(28)29-16;3-2(4,5)1(6)7/h3-8,27H,9H2,1-2H3,(H,25,28)(H2,22,23,24,26);(H,6,7). The number of carboxylic acid groups (broad SMARTS) is 1. The average molecular weight is 509 g/mol. The van der Waals surface area contributed by atoms with Crippen molar-refractivity contribution >= 4 is 40.2 Å². The highest BCUT2D eigenvalue weighted by Gasteiger charge is 2.38. The maximum atomic E-state index is 13.8. The van der Waals surface area contributed by atoms with Crippen LogP contribution in [-0.4, -0.2) is 37.3 Å². The maximum Gasteiger partial charge on any atom is 0.490 e. The molecule has 0 spiro atoms. The Morgan fingerprint density at radius 3 is 2.33 bits per heavy atom. The van der Waals surface area contributed by atoms with Gasteiger partial charge < -0.3 is 25.3 Å². The molecule has 0 atom stereocenters. The number of aromatic nitrogens is 3. The van der Waals surface area contributed by atoms with Gasteiger partial charge in [0.05, 0.1) is 12.1 Å². The zero-order valence-electron chi connectivity index (χ0n) is 18.7. The molecule has 4 rings (SSSR count). The van der Waals surface area contributed by atoms with Crippen LogP contribution in [0.5, 0.6) is 0 Å². The first-order valence-corrected chi connectivity index (χ1v) is 10.1. The number of hydrogen-bond donors (Lipinski definition) is 5. The number of rotatable bonds is 5. The van der Waals surface area contributed by atoms with E-state index in [0.29, 0.717) is 45.0 Å². The van der Waals surface area contributed by atoms with Gasteiger partial charge in [0, 0.05) is 23.1 Å². The number of anilines is 4. The minimum absolute atomic E-state index is 0.248. The van der Waals surface area contributed by atoms with Gasteiger partial charge in [-0.1, -0.05) is 0 Å². The molecule has 5 N–H and O–H groups in total. The number of aromatic amines is 1. The van der Waals surface area contributed by atoms with Gasteiger partial charge in [0.15, 0.2) is 5.58 Å². The van der Waals surface area contributed by atoms with E-state index in [-0.39, 0.29) is 18.4 Å². The lowest BCUT2D eigenvalue weighted by molar-refractivity contribution is -0.192. The maximum absolute atomic E-state index is 13.8. The molecule has 14 heteroatoms. The van der Waals surface area contributed by atoms with E-state index in [0.717, 1.165) is 0 Å². The SMILES string of the molecule is Cc1cc(Nc2ncc(CO)c(Nc3ccc4oc(=O)[nH]c4c3)n2)cc(C)c1F.O=C(O)C(F)(F)F. The quantitative estimate of drug-likeness (QED) is 0.248. The van der Waals surface area contributed by atoms with Gasteiger partial charge in [0.1, 0.15) is 11.6 Å². The number of benzene rings is 2. The second-order valence-corrected chi connectivity index (χ2v) is 7.43. The Kier molecular flexibility index (Phi) is 7.58. The van der Waals surface area contributed by atoms with Crippen LogP contribution in [0.3, 0.4) is 0 Å². The van der Waals surface area contributed by atoms with Crippen molar-refractivity contribution in [3.8, 4) is 0 Å². The Balaban J connectivity index is 0.000000454. The van der Waals surface area contributed by atoms with Crippen molar-refractivity contribution in [3.05, 3.63) is 69.6 Å². The Hall–Kier alpha value is -4.46. The second kappa shape index (κ2) is 10.4. The van der Waals surface area contributed by atoms with Crippen LogP contribution in [0.4, 0.5) is 40.7 Å². The lowest BCUT2D eigenvalue weighted by Gasteiger charge is -2.13. The fraction of sp³-hybridized carbons (Fsp3) is 0.182. The van der Waals surface area contributed by atoms with Gasteiger partial charge in [-0.3, -0.25) is 4.98 Å². The summed E-state index contributed by atoms with van der Waals surface area (Å²) in [5.74, 6) is -2.86. The van der Waals surface area contributed by atoms with Crippen LogP contribution >= 0.6 is 0 Å². The van der Waals surface area contributed by atoms with Crippen LogP contribution in [0.1, 0.15) is 16.7 Å². The number of nitrogens with one attached hydrogen (secondary N) is 3. The number of H-pyrrole nitrogens is 1. The highest BCUT2D eigenvalue weighted by molar-refractivity contribution is 5.78. The molecule has 10 nitrogen and oxygen atoms in total. The number of halogens is 4. The van der Waals surface area contributed by atoms with Crippen molar-refractivity contribution in [3.63, 3.8) is 0 Å². The Morgan fingerprint density at radius 1 is 1.11 bits per heavy atom. The number of hydrogen-bond acceptors (Lipinski definition) is 8. The van der Waals surface area contributed by atoms with Gasteiger partial charge in [0.25, 0.3) is 0 Å². The van der Waals surface area contributed by atoms with Crippen molar-refractivity contribution < 1.29 is 37.0 Å². The summed E-state index contributed by atoms with van der Waals surface area (Å²) in [4.78, 5) is 31.4. The van der Waals surface area contributed by atoms with Crippen molar-refractivity contribution in [2.45, 2.75) is 26.6 Å². The van der Waals surface area contributed by atoms with Gasteiger partial charge in [-0.25, -0.2) is 19.0 Å². The third-order valence-electron chi connectivity index (χ3n) is 4.65. The van der Waals surface area contributed by atoms with Crippen molar-refractivity contribution in [2.75, 3.05) is 10.6 Å². The zero-order valence-corrected chi connectivity index (χ0v) is 18.7. The number of fused-ring (bicyclic) bond motifs is 1. The normalized spacial score (nSPS) is 11.1. The summed E-state index contributed by atoms with van der Waals surface area (Å²) in [6, 6.07) is 8.41. The number of oxazole rings is 1. The molecule has 0 radical (unpaired) electrons. The summed E-state index contributed by atoms with van der Waals surface area (Å²) in [7, 11) is 0. The summed E-state index contributed by atoms with van der Waals surface area (Å²) >= 11 is 0. The van der Waals surface area contributed by atoms with Crippen molar-refractivity contribution in [1.29, 1.82) is 0 Å². The summed E-state index contributed by atoms with van der Waals surface area (Å²) in [6.45, 7) is 3.11. The molecule has 0 aliphatic rings.